The van der Waals surface area contributed by atoms with E-state index in [0.717, 1.165) is 19.1 Å². The van der Waals surface area contributed by atoms with E-state index >= 15 is 0 Å². The van der Waals surface area contributed by atoms with Gasteiger partial charge in [-0.05, 0) is 26.3 Å². The van der Waals surface area contributed by atoms with Crippen LogP contribution in [0.4, 0.5) is 0 Å². The first-order chi connectivity index (χ1) is 5.36. The van der Waals surface area contributed by atoms with Crippen LogP contribution in [0.2, 0.25) is 0 Å². The summed E-state index contributed by atoms with van der Waals surface area (Å²) >= 11 is 0. The molecular formula is C9H17NO. The van der Waals surface area contributed by atoms with Crippen LogP contribution < -0.4 is 5.32 Å². The fourth-order valence-corrected chi connectivity index (χ4v) is 1.78. The lowest BCUT2D eigenvalue weighted by Crippen LogP contribution is -2.26. The largest absolute Gasteiger partial charge is 0.317 e. The minimum absolute atomic E-state index is 0.315. The summed E-state index contributed by atoms with van der Waals surface area (Å²) in [7, 11) is 1.98. The Morgan fingerprint density at radius 3 is 2.73 bits per heavy atom. The third-order valence-corrected chi connectivity index (χ3v) is 2.57. The van der Waals surface area contributed by atoms with E-state index in [1.165, 1.54) is 19.3 Å². The predicted molar refractivity (Wildman–Crippen MR) is 45.5 cm³/mol. The topological polar surface area (TPSA) is 29.1 Å². The molecule has 0 heterocycles. The zero-order valence-electron chi connectivity index (χ0n) is 7.18. The van der Waals surface area contributed by atoms with Crippen molar-refractivity contribution in [3.8, 4) is 0 Å². The van der Waals surface area contributed by atoms with E-state index < -0.39 is 0 Å². The van der Waals surface area contributed by atoms with Gasteiger partial charge < -0.3 is 10.1 Å². The van der Waals surface area contributed by atoms with Crippen LogP contribution in [0.25, 0.3) is 0 Å². The third kappa shape index (κ3) is 2.62. The van der Waals surface area contributed by atoms with Crippen molar-refractivity contribution in [1.29, 1.82) is 0 Å². The molecule has 1 N–H and O–H groups in total. The number of carbonyl (C=O) groups is 1. The average molecular weight is 155 g/mol. The number of nitrogens with one attached hydrogen (secondary N) is 1. The lowest BCUT2D eigenvalue weighted by Gasteiger charge is -2.14. The maximum Gasteiger partial charge on any atom is 0.123 e. The van der Waals surface area contributed by atoms with Crippen LogP contribution in [0.15, 0.2) is 0 Å². The molecule has 0 bridgehead atoms. The zero-order valence-corrected chi connectivity index (χ0v) is 7.18. The van der Waals surface area contributed by atoms with E-state index in [2.05, 4.69) is 5.32 Å². The highest BCUT2D eigenvalue weighted by molar-refractivity contribution is 5.53. The minimum Gasteiger partial charge on any atom is -0.317 e. The summed E-state index contributed by atoms with van der Waals surface area (Å²) < 4.78 is 0. The predicted octanol–water partition coefficient (Wildman–Crippen LogP) is 1.35. The Morgan fingerprint density at radius 2 is 2.09 bits per heavy atom. The number of aldehydes is 1. The van der Waals surface area contributed by atoms with Crippen molar-refractivity contribution in [1.82, 2.24) is 5.32 Å². The molecule has 2 unspecified atom stereocenters. The van der Waals surface area contributed by atoms with E-state index in [-0.39, 0.29) is 0 Å². The molecule has 2 atom stereocenters. The molecule has 1 saturated carbocycles. The van der Waals surface area contributed by atoms with Crippen LogP contribution in [0.3, 0.4) is 0 Å². The molecule has 11 heavy (non-hydrogen) atoms. The molecule has 0 saturated heterocycles. The van der Waals surface area contributed by atoms with Crippen molar-refractivity contribution in [3.63, 3.8) is 0 Å². The van der Waals surface area contributed by atoms with Crippen molar-refractivity contribution in [3.05, 3.63) is 0 Å². The SMILES string of the molecule is CNC1CCCCC(C=O)C1. The lowest BCUT2D eigenvalue weighted by molar-refractivity contribution is -0.111. The molecule has 0 radical (unpaired) electrons. The molecule has 1 aliphatic rings. The van der Waals surface area contributed by atoms with Gasteiger partial charge in [0.25, 0.3) is 0 Å². The van der Waals surface area contributed by atoms with Crippen LogP contribution in [0.5, 0.6) is 0 Å². The van der Waals surface area contributed by atoms with Crippen LogP contribution in [0.1, 0.15) is 32.1 Å². The second kappa shape index (κ2) is 4.50. The minimum atomic E-state index is 0.315. The maximum atomic E-state index is 10.5. The molecule has 2 heteroatoms. The molecule has 64 valence electrons. The summed E-state index contributed by atoms with van der Waals surface area (Å²) in [6.45, 7) is 0. The number of hydrogen-bond acceptors (Lipinski definition) is 2. The fraction of sp³-hybridized carbons (Fsp3) is 0.889. The van der Waals surface area contributed by atoms with Crippen LogP contribution >= 0.6 is 0 Å². The van der Waals surface area contributed by atoms with Crippen molar-refractivity contribution >= 4 is 6.29 Å². The Balaban J connectivity index is 2.39. The van der Waals surface area contributed by atoms with Gasteiger partial charge in [0.05, 0.1) is 0 Å². The molecule has 0 aromatic carbocycles. The van der Waals surface area contributed by atoms with Gasteiger partial charge in [0.1, 0.15) is 6.29 Å². The molecule has 2 nitrogen and oxygen atoms in total. The highest BCUT2D eigenvalue weighted by Gasteiger charge is 2.17. The molecule has 1 rings (SSSR count). The van der Waals surface area contributed by atoms with Crippen LogP contribution in [-0.4, -0.2) is 19.4 Å². The summed E-state index contributed by atoms with van der Waals surface area (Å²) in [5.41, 5.74) is 0. The quantitative estimate of drug-likeness (QED) is 0.482. The smallest absolute Gasteiger partial charge is 0.123 e. The molecule has 0 spiro atoms. The maximum absolute atomic E-state index is 10.5. The summed E-state index contributed by atoms with van der Waals surface area (Å²) in [4.78, 5) is 10.5. The van der Waals surface area contributed by atoms with Crippen LogP contribution in [-0.2, 0) is 4.79 Å². The number of hydrogen-bond donors (Lipinski definition) is 1. The lowest BCUT2D eigenvalue weighted by atomic mass is 10.00. The Kier molecular flexibility index (Phi) is 3.57. The van der Waals surface area contributed by atoms with Gasteiger partial charge in [0.2, 0.25) is 0 Å². The van der Waals surface area contributed by atoms with E-state index in [4.69, 9.17) is 0 Å². The van der Waals surface area contributed by atoms with Crippen LogP contribution in [0, 0.1) is 5.92 Å². The van der Waals surface area contributed by atoms with Gasteiger partial charge >= 0.3 is 0 Å². The Morgan fingerprint density at radius 1 is 1.36 bits per heavy atom. The Hall–Kier alpha value is -0.370. The first kappa shape index (κ1) is 8.72. The Bertz CT molecular complexity index is 125. The van der Waals surface area contributed by atoms with Gasteiger partial charge in [0, 0.05) is 12.0 Å². The average Bonchev–Trinajstić information content (AvgIpc) is 2.28. The van der Waals surface area contributed by atoms with E-state index in [1.807, 2.05) is 7.05 Å². The summed E-state index contributed by atoms with van der Waals surface area (Å²) in [5.74, 6) is 0.315. The summed E-state index contributed by atoms with van der Waals surface area (Å²) in [6, 6.07) is 0.577. The Labute approximate surface area is 68.4 Å². The number of carbonyl (C=O) groups excluding carboxylic acids is 1. The van der Waals surface area contributed by atoms with Crippen molar-refractivity contribution in [2.24, 2.45) is 5.92 Å². The second-order valence-electron chi connectivity index (χ2n) is 3.40. The van der Waals surface area contributed by atoms with Gasteiger partial charge in [-0.2, -0.15) is 0 Å². The van der Waals surface area contributed by atoms with E-state index in [9.17, 15) is 4.79 Å². The van der Waals surface area contributed by atoms with Gasteiger partial charge in [-0.1, -0.05) is 12.8 Å². The van der Waals surface area contributed by atoms with Crippen molar-refractivity contribution in [2.45, 2.75) is 38.1 Å². The van der Waals surface area contributed by atoms with Gasteiger partial charge in [-0.25, -0.2) is 0 Å². The first-order valence-electron chi connectivity index (χ1n) is 4.49. The summed E-state index contributed by atoms with van der Waals surface area (Å²) in [5, 5.41) is 3.25. The molecule has 0 aromatic rings. The fourth-order valence-electron chi connectivity index (χ4n) is 1.78. The first-order valence-corrected chi connectivity index (χ1v) is 4.49. The second-order valence-corrected chi connectivity index (χ2v) is 3.40. The molecule has 0 amide bonds. The van der Waals surface area contributed by atoms with Crippen molar-refractivity contribution in [2.75, 3.05) is 7.05 Å². The molecule has 0 aliphatic heterocycles. The monoisotopic (exact) mass is 155 g/mol. The summed E-state index contributed by atoms with van der Waals surface area (Å²) in [6.07, 6.45) is 7.00. The third-order valence-electron chi connectivity index (χ3n) is 2.57. The molecule has 1 aliphatic carbocycles. The normalized spacial score (nSPS) is 32.8. The van der Waals surface area contributed by atoms with E-state index in [1.54, 1.807) is 0 Å². The number of rotatable bonds is 2. The molecular weight excluding hydrogens is 138 g/mol. The molecule has 0 aromatic heterocycles. The van der Waals surface area contributed by atoms with E-state index in [0.29, 0.717) is 12.0 Å². The highest BCUT2D eigenvalue weighted by atomic mass is 16.1. The zero-order chi connectivity index (χ0) is 8.10. The van der Waals surface area contributed by atoms with Gasteiger partial charge in [0.15, 0.2) is 0 Å². The van der Waals surface area contributed by atoms with Crippen molar-refractivity contribution < 1.29 is 4.79 Å². The standard InChI is InChI=1S/C9H17NO/c1-10-9-5-3-2-4-8(6-9)7-11/h7-10H,2-6H2,1H3. The van der Waals surface area contributed by atoms with Gasteiger partial charge in [-0.3, -0.25) is 0 Å². The highest BCUT2D eigenvalue weighted by Crippen LogP contribution is 2.21. The van der Waals surface area contributed by atoms with Gasteiger partial charge in [-0.15, -0.1) is 0 Å². The molecule has 1 fully saturated rings.